The van der Waals surface area contributed by atoms with E-state index in [2.05, 4.69) is 51.8 Å². The van der Waals surface area contributed by atoms with Gasteiger partial charge in [-0.15, -0.1) is 0 Å². The van der Waals surface area contributed by atoms with Gasteiger partial charge in [0.05, 0.1) is 0 Å². The van der Waals surface area contributed by atoms with Crippen LogP contribution in [-0.2, 0) is 0 Å². The average molecular weight is 240 g/mol. The lowest BCUT2D eigenvalue weighted by Gasteiger charge is -2.42. The minimum absolute atomic E-state index is 0.559. The van der Waals surface area contributed by atoms with Crippen LogP contribution < -0.4 is 5.32 Å². The van der Waals surface area contributed by atoms with Crippen LogP contribution in [0.3, 0.4) is 0 Å². The predicted molar refractivity (Wildman–Crippen MR) is 76.4 cm³/mol. The first-order valence-corrected chi connectivity index (χ1v) is 7.29. The van der Waals surface area contributed by atoms with Crippen LogP contribution in [0.25, 0.3) is 0 Å². The molecule has 1 fully saturated rings. The van der Waals surface area contributed by atoms with Crippen molar-refractivity contribution in [3.05, 3.63) is 0 Å². The second kappa shape index (κ2) is 6.19. The highest BCUT2D eigenvalue weighted by Crippen LogP contribution is 2.31. The molecule has 1 saturated heterocycles. The third-order valence-corrected chi connectivity index (χ3v) is 4.13. The Morgan fingerprint density at radius 2 is 1.59 bits per heavy atom. The van der Waals surface area contributed by atoms with Crippen LogP contribution in [0.4, 0.5) is 0 Å². The van der Waals surface area contributed by atoms with Crippen LogP contribution in [0.15, 0.2) is 0 Å². The summed E-state index contributed by atoms with van der Waals surface area (Å²) in [6.45, 7) is 17.7. The van der Waals surface area contributed by atoms with Crippen LogP contribution in [0.5, 0.6) is 0 Å². The zero-order chi connectivity index (χ0) is 13.1. The van der Waals surface area contributed by atoms with E-state index in [0.29, 0.717) is 17.5 Å². The van der Waals surface area contributed by atoms with Crippen molar-refractivity contribution in [1.82, 2.24) is 10.2 Å². The standard InChI is InChI=1S/C15H32N2/c1-12(2)14(11-16-13(3)4)17-9-7-15(5,6)8-10-17/h12-14,16H,7-11H2,1-6H3. The summed E-state index contributed by atoms with van der Waals surface area (Å²) < 4.78 is 0. The van der Waals surface area contributed by atoms with E-state index >= 15 is 0 Å². The molecule has 0 aliphatic carbocycles. The number of nitrogens with zero attached hydrogens (tertiary/aromatic N) is 1. The Labute approximate surface area is 108 Å². The zero-order valence-electron chi connectivity index (χ0n) is 12.7. The molecule has 0 bridgehead atoms. The van der Waals surface area contributed by atoms with E-state index in [1.807, 2.05) is 0 Å². The predicted octanol–water partition coefficient (Wildman–Crippen LogP) is 3.13. The van der Waals surface area contributed by atoms with E-state index in [-0.39, 0.29) is 0 Å². The topological polar surface area (TPSA) is 15.3 Å². The molecule has 0 aromatic heterocycles. The molecule has 1 rings (SSSR count). The van der Waals surface area contributed by atoms with E-state index in [4.69, 9.17) is 0 Å². The first-order valence-electron chi connectivity index (χ1n) is 7.29. The van der Waals surface area contributed by atoms with Crippen molar-refractivity contribution >= 4 is 0 Å². The number of hydrogen-bond acceptors (Lipinski definition) is 2. The molecule has 2 heteroatoms. The SMILES string of the molecule is CC(C)NCC(C(C)C)N1CCC(C)(C)CC1. The van der Waals surface area contributed by atoms with Crippen molar-refractivity contribution in [2.45, 2.75) is 66.5 Å². The van der Waals surface area contributed by atoms with Gasteiger partial charge in [-0.3, -0.25) is 4.90 Å². The van der Waals surface area contributed by atoms with Gasteiger partial charge in [-0.05, 0) is 37.3 Å². The van der Waals surface area contributed by atoms with E-state index < -0.39 is 0 Å². The molecule has 0 aromatic rings. The zero-order valence-corrected chi connectivity index (χ0v) is 12.7. The monoisotopic (exact) mass is 240 g/mol. The number of likely N-dealkylation sites (tertiary alicyclic amines) is 1. The van der Waals surface area contributed by atoms with E-state index in [0.717, 1.165) is 12.5 Å². The summed E-state index contributed by atoms with van der Waals surface area (Å²) >= 11 is 0. The van der Waals surface area contributed by atoms with Crippen molar-refractivity contribution in [3.8, 4) is 0 Å². The number of rotatable bonds is 5. The van der Waals surface area contributed by atoms with Gasteiger partial charge in [0.25, 0.3) is 0 Å². The Hall–Kier alpha value is -0.0800. The molecule has 0 radical (unpaired) electrons. The van der Waals surface area contributed by atoms with Gasteiger partial charge in [0.2, 0.25) is 0 Å². The number of nitrogens with one attached hydrogen (secondary N) is 1. The first kappa shape index (κ1) is 15.0. The summed E-state index contributed by atoms with van der Waals surface area (Å²) in [6.07, 6.45) is 2.69. The van der Waals surface area contributed by atoms with E-state index in [1.54, 1.807) is 0 Å². The molecule has 1 heterocycles. The van der Waals surface area contributed by atoms with Gasteiger partial charge in [-0.1, -0.05) is 41.5 Å². The van der Waals surface area contributed by atoms with Gasteiger partial charge in [0.15, 0.2) is 0 Å². The molecule has 1 aliphatic rings. The summed E-state index contributed by atoms with van der Waals surface area (Å²) in [5, 5.41) is 3.60. The lowest BCUT2D eigenvalue weighted by atomic mass is 9.81. The molecule has 1 atom stereocenters. The fourth-order valence-electron chi connectivity index (χ4n) is 2.60. The van der Waals surface area contributed by atoms with Gasteiger partial charge in [0.1, 0.15) is 0 Å². The van der Waals surface area contributed by atoms with Crippen LogP contribution in [0, 0.1) is 11.3 Å². The maximum absolute atomic E-state index is 3.60. The summed E-state index contributed by atoms with van der Waals surface area (Å²) in [4.78, 5) is 2.70. The highest BCUT2D eigenvalue weighted by Gasteiger charge is 2.30. The maximum Gasteiger partial charge on any atom is 0.0243 e. The molecular formula is C15H32N2. The Morgan fingerprint density at radius 3 is 2.00 bits per heavy atom. The fourth-order valence-corrected chi connectivity index (χ4v) is 2.60. The van der Waals surface area contributed by atoms with Gasteiger partial charge >= 0.3 is 0 Å². The quantitative estimate of drug-likeness (QED) is 0.794. The van der Waals surface area contributed by atoms with Crippen molar-refractivity contribution in [3.63, 3.8) is 0 Å². The van der Waals surface area contributed by atoms with Crippen molar-refractivity contribution in [1.29, 1.82) is 0 Å². The van der Waals surface area contributed by atoms with Gasteiger partial charge < -0.3 is 5.32 Å². The highest BCUT2D eigenvalue weighted by molar-refractivity contribution is 4.85. The van der Waals surface area contributed by atoms with Crippen LogP contribution >= 0.6 is 0 Å². The third kappa shape index (κ3) is 4.97. The van der Waals surface area contributed by atoms with E-state index in [1.165, 1.54) is 25.9 Å². The molecule has 2 nitrogen and oxygen atoms in total. The van der Waals surface area contributed by atoms with Crippen LogP contribution in [-0.4, -0.2) is 36.6 Å². The van der Waals surface area contributed by atoms with E-state index in [9.17, 15) is 0 Å². The molecule has 0 amide bonds. The highest BCUT2D eigenvalue weighted by atomic mass is 15.2. The van der Waals surface area contributed by atoms with Gasteiger partial charge in [-0.2, -0.15) is 0 Å². The van der Waals surface area contributed by atoms with Crippen LogP contribution in [0.1, 0.15) is 54.4 Å². The largest absolute Gasteiger partial charge is 0.313 e. The summed E-state index contributed by atoms with van der Waals surface area (Å²) in [5.74, 6) is 0.738. The molecule has 0 aromatic carbocycles. The fraction of sp³-hybridized carbons (Fsp3) is 1.00. The lowest BCUT2D eigenvalue weighted by Crippen LogP contribution is -2.51. The van der Waals surface area contributed by atoms with Crippen molar-refractivity contribution < 1.29 is 0 Å². The number of hydrogen-bond donors (Lipinski definition) is 1. The number of piperidine rings is 1. The first-order chi connectivity index (χ1) is 7.82. The third-order valence-electron chi connectivity index (χ3n) is 4.13. The molecule has 0 spiro atoms. The Bertz CT molecular complexity index is 211. The summed E-state index contributed by atoms with van der Waals surface area (Å²) in [7, 11) is 0. The molecule has 17 heavy (non-hydrogen) atoms. The molecule has 0 saturated carbocycles. The minimum Gasteiger partial charge on any atom is -0.313 e. The molecular weight excluding hydrogens is 208 g/mol. The van der Waals surface area contributed by atoms with Crippen molar-refractivity contribution in [2.24, 2.45) is 11.3 Å². The lowest BCUT2D eigenvalue weighted by molar-refractivity contribution is 0.0720. The normalized spacial score (nSPS) is 23.3. The second-order valence-electron chi connectivity index (χ2n) is 7.07. The Morgan fingerprint density at radius 1 is 1.06 bits per heavy atom. The van der Waals surface area contributed by atoms with Crippen LogP contribution in [0.2, 0.25) is 0 Å². The molecule has 1 unspecified atom stereocenters. The maximum atomic E-state index is 3.60. The molecule has 1 N–H and O–H groups in total. The van der Waals surface area contributed by atoms with Gasteiger partial charge in [0, 0.05) is 18.6 Å². The molecule has 1 aliphatic heterocycles. The smallest absolute Gasteiger partial charge is 0.0243 e. The average Bonchev–Trinajstić information content (AvgIpc) is 2.19. The minimum atomic E-state index is 0.559. The Kier molecular flexibility index (Phi) is 5.46. The van der Waals surface area contributed by atoms with Gasteiger partial charge in [-0.25, -0.2) is 0 Å². The Balaban J connectivity index is 2.48. The summed E-state index contributed by atoms with van der Waals surface area (Å²) in [6, 6.07) is 1.30. The second-order valence-corrected chi connectivity index (χ2v) is 7.07. The summed E-state index contributed by atoms with van der Waals surface area (Å²) in [5.41, 5.74) is 0.559. The van der Waals surface area contributed by atoms with Crippen molar-refractivity contribution in [2.75, 3.05) is 19.6 Å². The molecule has 102 valence electrons.